The molecule has 0 heterocycles. The zero-order chi connectivity index (χ0) is 34.1. The van der Waals surface area contributed by atoms with Crippen LogP contribution in [0.1, 0.15) is 48.9 Å². The first-order valence-corrected chi connectivity index (χ1v) is 15.9. The fourth-order valence-corrected chi connectivity index (χ4v) is 4.44. The Balaban J connectivity index is 1.24. The van der Waals surface area contributed by atoms with Crippen molar-refractivity contribution >= 4 is 11.7 Å². The topological polar surface area (TPSA) is 181 Å². The molecule has 0 aliphatic carbocycles. The van der Waals surface area contributed by atoms with Gasteiger partial charge in [0.25, 0.3) is 0 Å². The molecule has 4 aromatic rings. The van der Waals surface area contributed by atoms with E-state index in [1.807, 2.05) is 49.4 Å². The monoisotopic (exact) mass is 655 g/mol. The van der Waals surface area contributed by atoms with Gasteiger partial charge in [-0.15, -0.1) is 0 Å². The van der Waals surface area contributed by atoms with Crippen LogP contribution in [0.25, 0.3) is 0 Å². The van der Waals surface area contributed by atoms with Gasteiger partial charge in [0.15, 0.2) is 0 Å². The lowest BCUT2D eigenvalue weighted by Crippen LogP contribution is -2.10. The quantitative estimate of drug-likeness (QED) is 0.0420. The van der Waals surface area contributed by atoms with Gasteiger partial charge in [0.1, 0.15) is 46.2 Å². The molecule has 0 fully saturated rings. The van der Waals surface area contributed by atoms with Gasteiger partial charge in [-0.1, -0.05) is 12.1 Å². The van der Waals surface area contributed by atoms with Crippen molar-refractivity contribution in [3.63, 3.8) is 0 Å². The van der Waals surface area contributed by atoms with Crippen molar-refractivity contribution in [1.82, 2.24) is 0 Å². The minimum absolute atomic E-state index is 0.0160. The van der Waals surface area contributed by atoms with Gasteiger partial charge < -0.3 is 45.6 Å². The fourth-order valence-electron chi connectivity index (χ4n) is 4.44. The lowest BCUT2D eigenvalue weighted by Gasteiger charge is -2.14. The predicted octanol–water partition coefficient (Wildman–Crippen LogP) is 5.82. The Morgan fingerprint density at radius 3 is 1.02 bits per heavy atom. The highest BCUT2D eigenvalue weighted by Gasteiger charge is 2.07. The number of nitrogens with one attached hydrogen (secondary N) is 2. The van der Waals surface area contributed by atoms with Crippen molar-refractivity contribution in [3.8, 4) is 34.5 Å². The number of rotatable bonds is 21. The molecule has 0 aliphatic heterocycles. The summed E-state index contributed by atoms with van der Waals surface area (Å²) in [7, 11) is 0. The van der Waals surface area contributed by atoms with Crippen LogP contribution in [0.2, 0.25) is 0 Å². The first kappa shape index (κ1) is 35.4. The molecule has 0 aliphatic rings. The van der Waals surface area contributed by atoms with Crippen molar-refractivity contribution in [2.75, 3.05) is 39.6 Å². The predicted molar refractivity (Wildman–Crippen MR) is 187 cm³/mol. The van der Waals surface area contributed by atoms with Crippen LogP contribution in [-0.2, 0) is 0 Å². The summed E-state index contributed by atoms with van der Waals surface area (Å²) in [4.78, 5) is 0. The molecule has 4 aromatic carbocycles. The number of amidine groups is 2. The molecule has 48 heavy (non-hydrogen) atoms. The molecule has 0 bridgehead atoms. The molecule has 0 saturated heterocycles. The van der Waals surface area contributed by atoms with Crippen LogP contribution in [0.15, 0.2) is 91.0 Å². The largest absolute Gasteiger partial charge is 0.493 e. The van der Waals surface area contributed by atoms with Crippen molar-refractivity contribution in [2.24, 2.45) is 17.2 Å². The van der Waals surface area contributed by atoms with Crippen molar-refractivity contribution in [3.05, 3.63) is 108 Å². The van der Waals surface area contributed by atoms with E-state index in [4.69, 9.17) is 56.4 Å². The van der Waals surface area contributed by atoms with E-state index in [-0.39, 0.29) is 17.7 Å². The molecule has 254 valence electrons. The number of nitrogen functional groups attached to an aromatic ring is 2. The van der Waals surface area contributed by atoms with Gasteiger partial charge >= 0.3 is 0 Å². The van der Waals surface area contributed by atoms with Gasteiger partial charge in [-0.3, -0.25) is 10.8 Å². The summed E-state index contributed by atoms with van der Waals surface area (Å²) >= 11 is 0. The zero-order valence-corrected chi connectivity index (χ0v) is 27.3. The molecule has 0 amide bonds. The Kier molecular flexibility index (Phi) is 13.8. The molecule has 0 radical (unpaired) electrons. The maximum Gasteiger partial charge on any atom is 0.126 e. The fraction of sp³-hybridized carbons (Fsp3) is 0.297. The number of nitrogens with two attached hydrogens (primary N) is 3. The van der Waals surface area contributed by atoms with Crippen LogP contribution in [-0.4, -0.2) is 51.3 Å². The molecule has 1 unspecified atom stereocenters. The van der Waals surface area contributed by atoms with Crippen molar-refractivity contribution in [1.29, 1.82) is 10.8 Å². The molecule has 8 N–H and O–H groups in total. The average molecular weight is 656 g/mol. The normalized spacial score (nSPS) is 11.3. The summed E-state index contributed by atoms with van der Waals surface area (Å²) in [5, 5.41) is 15.0. The molecule has 0 spiro atoms. The van der Waals surface area contributed by atoms with Crippen molar-refractivity contribution < 1.29 is 28.4 Å². The number of ether oxygens (including phenoxy) is 6. The van der Waals surface area contributed by atoms with E-state index in [1.54, 1.807) is 48.5 Å². The van der Waals surface area contributed by atoms with Crippen LogP contribution in [0.5, 0.6) is 34.5 Å². The number of hydrogen-bond acceptors (Lipinski definition) is 9. The maximum atomic E-state index is 7.50. The lowest BCUT2D eigenvalue weighted by molar-refractivity contribution is 0.233. The smallest absolute Gasteiger partial charge is 0.126 e. The lowest BCUT2D eigenvalue weighted by atomic mass is 10.1. The average Bonchev–Trinajstić information content (AvgIpc) is 3.08. The Morgan fingerprint density at radius 2 is 0.750 bits per heavy atom. The maximum absolute atomic E-state index is 7.50. The van der Waals surface area contributed by atoms with Crippen molar-refractivity contribution in [2.45, 2.75) is 32.2 Å². The molecule has 0 aromatic heterocycles. The molecule has 11 nitrogen and oxygen atoms in total. The first-order chi connectivity index (χ1) is 23.3. The third-order valence-corrected chi connectivity index (χ3v) is 7.07. The zero-order valence-electron chi connectivity index (χ0n) is 27.3. The van der Waals surface area contributed by atoms with E-state index in [0.29, 0.717) is 98.8 Å². The van der Waals surface area contributed by atoms with E-state index < -0.39 is 0 Å². The van der Waals surface area contributed by atoms with E-state index in [1.165, 1.54) is 0 Å². The van der Waals surface area contributed by atoms with Gasteiger partial charge in [0.05, 0.1) is 39.6 Å². The second kappa shape index (κ2) is 18.7. The van der Waals surface area contributed by atoms with Gasteiger partial charge in [-0.2, -0.15) is 0 Å². The van der Waals surface area contributed by atoms with E-state index >= 15 is 0 Å². The summed E-state index contributed by atoms with van der Waals surface area (Å²) in [5.41, 5.74) is 19.3. The molecular weight excluding hydrogens is 610 g/mol. The van der Waals surface area contributed by atoms with Gasteiger partial charge in [-0.25, -0.2) is 0 Å². The second-order valence-electron chi connectivity index (χ2n) is 11.0. The third kappa shape index (κ3) is 12.1. The molecule has 0 saturated carbocycles. The Bertz CT molecular complexity index is 1490. The van der Waals surface area contributed by atoms with Gasteiger partial charge in [-0.05, 0) is 73.2 Å². The van der Waals surface area contributed by atoms with Crippen LogP contribution in [0, 0.1) is 10.8 Å². The Labute approximate surface area is 281 Å². The second-order valence-corrected chi connectivity index (χ2v) is 11.0. The minimum Gasteiger partial charge on any atom is -0.493 e. The summed E-state index contributed by atoms with van der Waals surface area (Å²) in [6, 6.07) is 27.5. The Morgan fingerprint density at radius 1 is 0.479 bits per heavy atom. The minimum atomic E-state index is -0.0160. The highest BCUT2D eigenvalue weighted by atomic mass is 16.5. The number of hydrogen-bond donors (Lipinski definition) is 5. The molecule has 1 atom stereocenters. The standard InChI is InChI=1S/C37H45N5O6/c1-26(38)27-5-11-30(12-6-27)43-17-2-20-46-33-23-34(47-21-3-18-44-31-13-7-28(8-14-31)36(39)40)25-35(24-33)48-22-4-19-45-32-15-9-29(10-16-32)37(41)42/h5-16,23-26H,2-4,17-22,38H2,1H3,(H3,39,40)(H3,41,42). The first-order valence-electron chi connectivity index (χ1n) is 15.9. The van der Waals surface area contributed by atoms with Crippen LogP contribution >= 0.6 is 0 Å². The highest BCUT2D eigenvalue weighted by Crippen LogP contribution is 2.28. The van der Waals surface area contributed by atoms with E-state index in [2.05, 4.69) is 0 Å². The highest BCUT2D eigenvalue weighted by molar-refractivity contribution is 5.95. The molecular formula is C37H45N5O6. The van der Waals surface area contributed by atoms with Crippen LogP contribution < -0.4 is 45.6 Å². The van der Waals surface area contributed by atoms with Gasteiger partial charge in [0.2, 0.25) is 0 Å². The SMILES string of the molecule is CC(N)c1ccc(OCCCOc2cc(OCCCOc3ccc(C(=N)N)cc3)cc(OCCCOc3ccc(C(=N)N)cc3)c2)cc1. The van der Waals surface area contributed by atoms with E-state index in [0.717, 1.165) is 11.3 Å². The summed E-state index contributed by atoms with van der Waals surface area (Å²) < 4.78 is 35.5. The molecule has 4 rings (SSSR count). The summed E-state index contributed by atoms with van der Waals surface area (Å²) in [6.45, 7) is 4.69. The number of benzene rings is 4. The molecule has 11 heteroatoms. The van der Waals surface area contributed by atoms with Gasteiger partial charge in [0, 0.05) is 54.6 Å². The third-order valence-electron chi connectivity index (χ3n) is 7.07. The van der Waals surface area contributed by atoms with Crippen LogP contribution in [0.3, 0.4) is 0 Å². The van der Waals surface area contributed by atoms with E-state index in [9.17, 15) is 0 Å². The van der Waals surface area contributed by atoms with Crippen LogP contribution in [0.4, 0.5) is 0 Å². The summed E-state index contributed by atoms with van der Waals surface area (Å²) in [6.07, 6.45) is 2.00. The summed E-state index contributed by atoms with van der Waals surface area (Å²) in [5.74, 6) is 4.12. The Hall–Kier alpha value is -5.42.